The van der Waals surface area contributed by atoms with Crippen LogP contribution in [0, 0.1) is 5.92 Å². The lowest BCUT2D eigenvalue weighted by Gasteiger charge is -2.42. The zero-order valence-electron chi connectivity index (χ0n) is 20.2. The summed E-state index contributed by atoms with van der Waals surface area (Å²) in [5.41, 5.74) is 6.78. The van der Waals surface area contributed by atoms with E-state index in [2.05, 4.69) is 9.88 Å². The highest BCUT2D eigenvalue weighted by Gasteiger charge is 2.42. The van der Waals surface area contributed by atoms with E-state index in [0.717, 1.165) is 41.3 Å². The molecule has 2 aliphatic rings. The predicted octanol–water partition coefficient (Wildman–Crippen LogP) is 2.49. The average molecular weight is 542 g/mol. The van der Waals surface area contributed by atoms with Crippen LogP contribution in [0.25, 0.3) is 10.8 Å². The molecule has 2 aromatic carbocycles. The number of pyridine rings is 1. The van der Waals surface area contributed by atoms with Gasteiger partial charge >= 0.3 is 0 Å². The maximum Gasteiger partial charge on any atom is 0.243 e. The van der Waals surface area contributed by atoms with E-state index in [4.69, 9.17) is 17.3 Å². The lowest BCUT2D eigenvalue weighted by Crippen LogP contribution is -2.62. The molecule has 11 heteroatoms. The van der Waals surface area contributed by atoms with Crippen molar-refractivity contribution in [3.63, 3.8) is 0 Å². The highest BCUT2D eigenvalue weighted by atomic mass is 35.5. The molecule has 1 atom stereocenters. The van der Waals surface area contributed by atoms with Crippen molar-refractivity contribution in [3.8, 4) is 0 Å². The van der Waals surface area contributed by atoms with Gasteiger partial charge in [0.05, 0.1) is 11.4 Å². The molecule has 1 unspecified atom stereocenters. The van der Waals surface area contributed by atoms with Crippen molar-refractivity contribution >= 4 is 49.9 Å². The Bertz CT molecular complexity index is 1430. The summed E-state index contributed by atoms with van der Waals surface area (Å²) in [4.78, 5) is 33.4. The Morgan fingerprint density at radius 1 is 1.03 bits per heavy atom. The van der Waals surface area contributed by atoms with Gasteiger partial charge in [-0.25, -0.2) is 8.42 Å². The first-order chi connectivity index (χ1) is 17.7. The minimum absolute atomic E-state index is 0.0512. The van der Waals surface area contributed by atoms with Gasteiger partial charge in [0.15, 0.2) is 0 Å². The van der Waals surface area contributed by atoms with Crippen molar-refractivity contribution in [2.45, 2.75) is 23.8 Å². The first-order valence-corrected chi connectivity index (χ1v) is 14.0. The van der Waals surface area contributed by atoms with Crippen LogP contribution in [0.2, 0.25) is 5.02 Å². The standard InChI is InChI=1S/C26H28ClN5O4S/c27-21-3-1-20-14-23(4-2-19(20)13-21)37(35,36)31-16-24(26(28)34)32(25(33)17-31)15-18-7-11-30(12-8-18)22-5-9-29-10-6-22/h1-6,9-10,13-14,18,24H,7-8,11-12,15-17H2,(H2,28,34). The van der Waals surface area contributed by atoms with Gasteiger partial charge in [0.1, 0.15) is 6.04 Å². The topological polar surface area (TPSA) is 117 Å². The van der Waals surface area contributed by atoms with Gasteiger partial charge in [-0.05, 0) is 65.9 Å². The van der Waals surface area contributed by atoms with E-state index >= 15 is 0 Å². The number of carbonyl (C=O) groups excluding carboxylic acids is 2. The van der Waals surface area contributed by atoms with Gasteiger partial charge in [-0.2, -0.15) is 4.31 Å². The lowest BCUT2D eigenvalue weighted by molar-refractivity contribution is -0.144. The molecular formula is C26H28ClN5O4S. The number of primary amides is 1. The minimum Gasteiger partial charge on any atom is -0.371 e. The second kappa shape index (κ2) is 10.3. The minimum atomic E-state index is -4.02. The third kappa shape index (κ3) is 5.27. The van der Waals surface area contributed by atoms with Crippen molar-refractivity contribution in [1.29, 1.82) is 0 Å². The summed E-state index contributed by atoms with van der Waals surface area (Å²) in [5, 5.41) is 2.06. The molecule has 3 aromatic rings. The molecule has 9 nitrogen and oxygen atoms in total. The van der Waals surface area contributed by atoms with Crippen LogP contribution in [-0.4, -0.2) is 73.2 Å². The highest BCUT2D eigenvalue weighted by molar-refractivity contribution is 7.89. The smallest absolute Gasteiger partial charge is 0.243 e. The van der Waals surface area contributed by atoms with E-state index < -0.39 is 27.9 Å². The normalized spacial score (nSPS) is 19.9. The zero-order chi connectivity index (χ0) is 26.2. The third-order valence-electron chi connectivity index (χ3n) is 7.22. The predicted molar refractivity (Wildman–Crippen MR) is 142 cm³/mol. The Hall–Kier alpha value is -3.21. The molecule has 2 N–H and O–H groups in total. The first-order valence-electron chi connectivity index (χ1n) is 12.2. The fraction of sp³-hybridized carbons (Fsp3) is 0.346. The van der Waals surface area contributed by atoms with Gasteiger partial charge in [-0.15, -0.1) is 0 Å². The molecule has 2 saturated heterocycles. The van der Waals surface area contributed by atoms with E-state index in [9.17, 15) is 18.0 Å². The van der Waals surface area contributed by atoms with Crippen LogP contribution in [0.3, 0.4) is 0 Å². The molecule has 0 saturated carbocycles. The molecule has 0 radical (unpaired) electrons. The number of anilines is 1. The number of hydrogen-bond acceptors (Lipinski definition) is 6. The summed E-state index contributed by atoms with van der Waals surface area (Å²) in [6, 6.07) is 12.8. The molecule has 3 heterocycles. The number of nitrogens with two attached hydrogens (primary N) is 1. The van der Waals surface area contributed by atoms with Crippen LogP contribution < -0.4 is 10.6 Å². The van der Waals surface area contributed by atoms with E-state index in [0.29, 0.717) is 17.0 Å². The van der Waals surface area contributed by atoms with E-state index in [1.165, 1.54) is 11.0 Å². The number of rotatable bonds is 6. The third-order valence-corrected chi connectivity index (χ3v) is 9.26. The van der Waals surface area contributed by atoms with Gasteiger partial charge in [0, 0.05) is 49.3 Å². The quantitative estimate of drug-likeness (QED) is 0.512. The summed E-state index contributed by atoms with van der Waals surface area (Å²) in [6.45, 7) is 1.52. The molecule has 0 spiro atoms. The second-order valence-corrected chi connectivity index (χ2v) is 11.9. The molecule has 194 valence electrons. The largest absolute Gasteiger partial charge is 0.371 e. The van der Waals surface area contributed by atoms with Crippen LogP contribution >= 0.6 is 11.6 Å². The molecule has 5 rings (SSSR count). The van der Waals surface area contributed by atoms with Crippen molar-refractivity contribution in [3.05, 3.63) is 65.9 Å². The number of piperazine rings is 1. The van der Waals surface area contributed by atoms with Gasteiger partial charge in [-0.1, -0.05) is 23.7 Å². The van der Waals surface area contributed by atoms with E-state index in [1.54, 1.807) is 42.7 Å². The summed E-state index contributed by atoms with van der Waals surface area (Å²) in [7, 11) is -4.02. The number of piperidine rings is 1. The van der Waals surface area contributed by atoms with Crippen LogP contribution in [0.5, 0.6) is 0 Å². The summed E-state index contributed by atoms with van der Waals surface area (Å²) in [6.07, 6.45) is 5.22. The maximum absolute atomic E-state index is 13.4. The van der Waals surface area contributed by atoms with Crippen molar-refractivity contribution < 1.29 is 18.0 Å². The van der Waals surface area contributed by atoms with Gasteiger partial charge in [0.25, 0.3) is 0 Å². The van der Waals surface area contributed by atoms with Crippen molar-refractivity contribution in [2.24, 2.45) is 11.7 Å². The van der Waals surface area contributed by atoms with E-state index in [1.807, 2.05) is 12.1 Å². The fourth-order valence-corrected chi connectivity index (χ4v) is 6.75. The summed E-state index contributed by atoms with van der Waals surface area (Å²) in [5.74, 6) is -0.933. The number of aromatic nitrogens is 1. The fourth-order valence-electron chi connectivity index (χ4n) is 5.14. The Balaban J connectivity index is 1.29. The lowest BCUT2D eigenvalue weighted by atomic mass is 9.94. The number of benzene rings is 2. The van der Waals surface area contributed by atoms with Crippen molar-refractivity contribution in [1.82, 2.24) is 14.2 Å². The number of nitrogens with zero attached hydrogens (tertiary/aromatic N) is 4. The van der Waals surface area contributed by atoms with Crippen LogP contribution in [0.4, 0.5) is 5.69 Å². The number of fused-ring (bicyclic) bond motifs is 1. The van der Waals surface area contributed by atoms with Crippen LogP contribution in [0.1, 0.15) is 12.8 Å². The number of amides is 2. The Labute approximate surface area is 220 Å². The molecular weight excluding hydrogens is 514 g/mol. The molecule has 2 fully saturated rings. The van der Waals surface area contributed by atoms with Gasteiger partial charge in [-0.3, -0.25) is 14.6 Å². The Kier molecular flexibility index (Phi) is 7.06. The summed E-state index contributed by atoms with van der Waals surface area (Å²) < 4.78 is 28.0. The maximum atomic E-state index is 13.4. The SMILES string of the molecule is NC(=O)C1CN(S(=O)(=O)c2ccc3cc(Cl)ccc3c2)CC(=O)N1CC1CCN(c2ccncc2)CC1. The molecule has 2 aliphatic heterocycles. The average Bonchev–Trinajstić information content (AvgIpc) is 2.90. The highest BCUT2D eigenvalue weighted by Crippen LogP contribution is 2.28. The van der Waals surface area contributed by atoms with Crippen LogP contribution in [0.15, 0.2) is 65.8 Å². The Morgan fingerprint density at radius 2 is 1.70 bits per heavy atom. The summed E-state index contributed by atoms with van der Waals surface area (Å²) >= 11 is 6.03. The number of carbonyl (C=O) groups is 2. The van der Waals surface area contributed by atoms with E-state index in [-0.39, 0.29) is 23.9 Å². The number of halogens is 1. The van der Waals surface area contributed by atoms with Crippen LogP contribution in [-0.2, 0) is 19.6 Å². The van der Waals surface area contributed by atoms with Crippen molar-refractivity contribution in [2.75, 3.05) is 37.6 Å². The molecule has 0 aliphatic carbocycles. The number of sulfonamides is 1. The Morgan fingerprint density at radius 3 is 2.41 bits per heavy atom. The first kappa shape index (κ1) is 25.4. The molecule has 37 heavy (non-hydrogen) atoms. The molecule has 0 bridgehead atoms. The monoisotopic (exact) mass is 541 g/mol. The molecule has 2 amide bonds. The number of hydrogen-bond donors (Lipinski definition) is 1. The van der Waals surface area contributed by atoms with Gasteiger partial charge in [0.2, 0.25) is 21.8 Å². The second-order valence-electron chi connectivity index (χ2n) is 9.55. The zero-order valence-corrected chi connectivity index (χ0v) is 21.7. The van der Waals surface area contributed by atoms with Gasteiger partial charge < -0.3 is 15.5 Å². The molecule has 1 aromatic heterocycles.